The van der Waals surface area contributed by atoms with Crippen molar-refractivity contribution in [2.24, 2.45) is 0 Å². The van der Waals surface area contributed by atoms with Crippen molar-refractivity contribution in [3.05, 3.63) is 29.8 Å². The second-order valence-electron chi connectivity index (χ2n) is 3.77. The fourth-order valence-corrected chi connectivity index (χ4v) is 1.52. The first-order chi connectivity index (χ1) is 8.77. The van der Waals surface area contributed by atoms with Gasteiger partial charge in [-0.3, -0.25) is 4.79 Å². The smallest absolute Gasteiger partial charge is 0.251 e. The molecule has 1 aromatic rings. The second-order valence-corrected chi connectivity index (χ2v) is 3.77. The van der Waals surface area contributed by atoms with Gasteiger partial charge >= 0.3 is 0 Å². The van der Waals surface area contributed by atoms with Crippen molar-refractivity contribution in [1.82, 2.24) is 5.32 Å². The lowest BCUT2D eigenvalue weighted by molar-refractivity contribution is 0.0944. The molecule has 0 spiro atoms. The standard InChI is InChI=1S/C14H21NO3/c1-3-17-10-6-9-15-14(16)12-7-5-8-13(11-12)18-4-2/h5,7-8,11H,3-4,6,9-10H2,1-2H3,(H,15,16). The Bertz CT molecular complexity index is 366. The summed E-state index contributed by atoms with van der Waals surface area (Å²) in [7, 11) is 0. The van der Waals surface area contributed by atoms with Crippen LogP contribution < -0.4 is 10.1 Å². The molecule has 0 aliphatic heterocycles. The molecule has 0 aliphatic carbocycles. The van der Waals surface area contributed by atoms with Gasteiger partial charge in [0.05, 0.1) is 6.61 Å². The Morgan fingerprint density at radius 1 is 1.28 bits per heavy atom. The molecule has 0 heterocycles. The van der Waals surface area contributed by atoms with Crippen LogP contribution in [0, 0.1) is 0 Å². The molecule has 0 saturated carbocycles. The van der Waals surface area contributed by atoms with Gasteiger partial charge in [0.1, 0.15) is 5.75 Å². The molecule has 4 heteroatoms. The molecule has 0 bridgehead atoms. The first kappa shape index (κ1) is 14.5. The Kier molecular flexibility index (Phi) is 6.87. The summed E-state index contributed by atoms with van der Waals surface area (Å²) in [6.45, 7) is 6.48. The van der Waals surface area contributed by atoms with E-state index in [2.05, 4.69) is 5.32 Å². The molecule has 0 unspecified atom stereocenters. The van der Waals surface area contributed by atoms with Crippen molar-refractivity contribution in [3.8, 4) is 5.75 Å². The minimum atomic E-state index is -0.0759. The van der Waals surface area contributed by atoms with Crippen molar-refractivity contribution in [1.29, 1.82) is 0 Å². The first-order valence-corrected chi connectivity index (χ1v) is 6.36. The van der Waals surface area contributed by atoms with Crippen LogP contribution in [-0.2, 0) is 4.74 Å². The van der Waals surface area contributed by atoms with Crippen molar-refractivity contribution in [2.45, 2.75) is 20.3 Å². The Balaban J connectivity index is 2.38. The Morgan fingerprint density at radius 2 is 2.11 bits per heavy atom. The number of rotatable bonds is 8. The highest BCUT2D eigenvalue weighted by Gasteiger charge is 2.05. The Morgan fingerprint density at radius 3 is 2.83 bits per heavy atom. The van der Waals surface area contributed by atoms with E-state index in [0.29, 0.717) is 31.9 Å². The van der Waals surface area contributed by atoms with Crippen LogP contribution in [-0.4, -0.2) is 32.3 Å². The number of amides is 1. The molecule has 100 valence electrons. The minimum Gasteiger partial charge on any atom is -0.494 e. The lowest BCUT2D eigenvalue weighted by Gasteiger charge is -2.07. The van der Waals surface area contributed by atoms with Crippen LogP contribution in [0.3, 0.4) is 0 Å². The predicted octanol–water partition coefficient (Wildman–Crippen LogP) is 2.24. The fourth-order valence-electron chi connectivity index (χ4n) is 1.52. The van der Waals surface area contributed by atoms with E-state index in [1.165, 1.54) is 0 Å². The van der Waals surface area contributed by atoms with Gasteiger partial charge in [0.25, 0.3) is 5.91 Å². The lowest BCUT2D eigenvalue weighted by atomic mass is 10.2. The topological polar surface area (TPSA) is 47.6 Å². The molecule has 1 N–H and O–H groups in total. The third-order valence-electron chi connectivity index (χ3n) is 2.36. The van der Waals surface area contributed by atoms with Gasteiger partial charge in [-0.1, -0.05) is 6.07 Å². The summed E-state index contributed by atoms with van der Waals surface area (Å²) in [4.78, 5) is 11.8. The zero-order valence-corrected chi connectivity index (χ0v) is 11.1. The molecular formula is C14H21NO3. The number of nitrogens with one attached hydrogen (secondary N) is 1. The van der Waals surface area contributed by atoms with Gasteiger partial charge in [-0.05, 0) is 38.5 Å². The summed E-state index contributed by atoms with van der Waals surface area (Å²) in [6.07, 6.45) is 0.824. The van der Waals surface area contributed by atoms with Crippen LogP contribution in [0.4, 0.5) is 0 Å². The number of carbonyl (C=O) groups is 1. The van der Waals surface area contributed by atoms with Gasteiger partial charge in [-0.25, -0.2) is 0 Å². The van der Waals surface area contributed by atoms with Crippen LogP contribution in [0.25, 0.3) is 0 Å². The normalized spacial score (nSPS) is 10.1. The lowest BCUT2D eigenvalue weighted by Crippen LogP contribution is -2.25. The molecular weight excluding hydrogens is 230 g/mol. The largest absolute Gasteiger partial charge is 0.494 e. The van der Waals surface area contributed by atoms with Crippen LogP contribution in [0.15, 0.2) is 24.3 Å². The first-order valence-electron chi connectivity index (χ1n) is 6.36. The van der Waals surface area contributed by atoms with E-state index in [-0.39, 0.29) is 5.91 Å². The van der Waals surface area contributed by atoms with E-state index < -0.39 is 0 Å². The number of benzene rings is 1. The molecule has 0 fully saturated rings. The van der Waals surface area contributed by atoms with Gasteiger partial charge in [0.2, 0.25) is 0 Å². The van der Waals surface area contributed by atoms with Crippen molar-refractivity contribution < 1.29 is 14.3 Å². The third kappa shape index (κ3) is 5.19. The van der Waals surface area contributed by atoms with Crippen LogP contribution >= 0.6 is 0 Å². The average Bonchev–Trinajstić information content (AvgIpc) is 2.39. The predicted molar refractivity (Wildman–Crippen MR) is 71.1 cm³/mol. The maximum Gasteiger partial charge on any atom is 0.251 e. The van der Waals surface area contributed by atoms with Gasteiger partial charge in [-0.15, -0.1) is 0 Å². The minimum absolute atomic E-state index is 0.0759. The number of ether oxygens (including phenoxy) is 2. The molecule has 0 radical (unpaired) electrons. The SMILES string of the molecule is CCOCCCNC(=O)c1cccc(OCC)c1. The van der Waals surface area contributed by atoms with Crippen molar-refractivity contribution >= 4 is 5.91 Å². The third-order valence-corrected chi connectivity index (χ3v) is 2.36. The van der Waals surface area contributed by atoms with E-state index in [4.69, 9.17) is 9.47 Å². The molecule has 0 aromatic heterocycles. The average molecular weight is 251 g/mol. The monoisotopic (exact) mass is 251 g/mol. The summed E-state index contributed by atoms with van der Waals surface area (Å²) in [6, 6.07) is 7.19. The highest BCUT2D eigenvalue weighted by molar-refractivity contribution is 5.94. The van der Waals surface area contributed by atoms with E-state index in [1.54, 1.807) is 12.1 Å². The zero-order valence-electron chi connectivity index (χ0n) is 11.1. The molecule has 0 aliphatic rings. The summed E-state index contributed by atoms with van der Waals surface area (Å²) in [5.41, 5.74) is 0.623. The van der Waals surface area contributed by atoms with Crippen LogP contribution in [0.5, 0.6) is 5.75 Å². The number of carbonyl (C=O) groups excluding carboxylic acids is 1. The van der Waals surface area contributed by atoms with Gasteiger partial charge < -0.3 is 14.8 Å². The maximum atomic E-state index is 11.8. The summed E-state index contributed by atoms with van der Waals surface area (Å²) < 4.78 is 10.6. The quantitative estimate of drug-likeness (QED) is 0.721. The zero-order chi connectivity index (χ0) is 13.2. The van der Waals surface area contributed by atoms with Crippen LogP contribution in [0.1, 0.15) is 30.6 Å². The van der Waals surface area contributed by atoms with Crippen molar-refractivity contribution in [2.75, 3.05) is 26.4 Å². The molecule has 18 heavy (non-hydrogen) atoms. The van der Waals surface area contributed by atoms with E-state index in [1.807, 2.05) is 26.0 Å². The van der Waals surface area contributed by atoms with Crippen molar-refractivity contribution in [3.63, 3.8) is 0 Å². The van der Waals surface area contributed by atoms with Gasteiger partial charge in [-0.2, -0.15) is 0 Å². The second kappa shape index (κ2) is 8.53. The fraction of sp³-hybridized carbons (Fsp3) is 0.500. The van der Waals surface area contributed by atoms with E-state index >= 15 is 0 Å². The molecule has 1 amide bonds. The Hall–Kier alpha value is -1.55. The van der Waals surface area contributed by atoms with E-state index in [9.17, 15) is 4.79 Å². The summed E-state index contributed by atoms with van der Waals surface area (Å²) in [5.74, 6) is 0.646. The molecule has 4 nitrogen and oxygen atoms in total. The molecule has 1 aromatic carbocycles. The molecule has 1 rings (SSSR count). The number of hydrogen-bond acceptors (Lipinski definition) is 3. The van der Waals surface area contributed by atoms with Crippen LogP contribution in [0.2, 0.25) is 0 Å². The summed E-state index contributed by atoms with van der Waals surface area (Å²) in [5, 5.41) is 2.85. The van der Waals surface area contributed by atoms with E-state index in [0.717, 1.165) is 12.2 Å². The van der Waals surface area contributed by atoms with Gasteiger partial charge in [0, 0.05) is 25.3 Å². The number of hydrogen-bond donors (Lipinski definition) is 1. The summed E-state index contributed by atoms with van der Waals surface area (Å²) >= 11 is 0. The molecule has 0 atom stereocenters. The highest BCUT2D eigenvalue weighted by atomic mass is 16.5. The Labute approximate surface area is 108 Å². The highest BCUT2D eigenvalue weighted by Crippen LogP contribution is 2.12. The maximum absolute atomic E-state index is 11.8. The molecule has 0 saturated heterocycles. The van der Waals surface area contributed by atoms with Gasteiger partial charge in [0.15, 0.2) is 0 Å².